The molecule has 2 saturated heterocycles. The lowest BCUT2D eigenvalue weighted by atomic mass is 10.1. The number of hydrogen-bond acceptors (Lipinski definition) is 4. The van der Waals surface area contributed by atoms with Gasteiger partial charge < -0.3 is 10.1 Å². The highest BCUT2D eigenvalue weighted by molar-refractivity contribution is 4.73. The van der Waals surface area contributed by atoms with Gasteiger partial charge in [-0.3, -0.25) is 9.80 Å². The van der Waals surface area contributed by atoms with E-state index in [0.717, 1.165) is 45.9 Å². The van der Waals surface area contributed by atoms with Crippen LogP contribution in [0.1, 0.15) is 26.2 Å². The molecule has 18 heavy (non-hydrogen) atoms. The van der Waals surface area contributed by atoms with Gasteiger partial charge in [0.05, 0.1) is 13.2 Å². The van der Waals surface area contributed by atoms with Crippen molar-refractivity contribution in [3.05, 3.63) is 0 Å². The van der Waals surface area contributed by atoms with E-state index >= 15 is 0 Å². The molecule has 4 nitrogen and oxygen atoms in total. The summed E-state index contributed by atoms with van der Waals surface area (Å²) in [5.74, 6) is 0. The van der Waals surface area contributed by atoms with Crippen LogP contribution in [0.25, 0.3) is 0 Å². The van der Waals surface area contributed by atoms with Crippen LogP contribution in [0.15, 0.2) is 0 Å². The van der Waals surface area contributed by atoms with Crippen LogP contribution in [-0.2, 0) is 4.74 Å². The zero-order valence-electron chi connectivity index (χ0n) is 11.9. The second-order valence-electron chi connectivity index (χ2n) is 5.60. The van der Waals surface area contributed by atoms with E-state index in [1.54, 1.807) is 0 Å². The van der Waals surface area contributed by atoms with E-state index in [0.29, 0.717) is 6.04 Å². The van der Waals surface area contributed by atoms with E-state index in [1.165, 1.54) is 32.4 Å². The molecule has 0 aromatic heterocycles. The first-order valence-corrected chi connectivity index (χ1v) is 7.61. The van der Waals surface area contributed by atoms with Crippen molar-refractivity contribution >= 4 is 0 Å². The molecule has 2 rings (SSSR count). The first-order valence-electron chi connectivity index (χ1n) is 7.61. The molecule has 1 N–H and O–H groups in total. The monoisotopic (exact) mass is 255 g/mol. The Morgan fingerprint density at radius 3 is 2.50 bits per heavy atom. The second-order valence-corrected chi connectivity index (χ2v) is 5.60. The Morgan fingerprint density at radius 1 is 1.06 bits per heavy atom. The van der Waals surface area contributed by atoms with Gasteiger partial charge in [-0.1, -0.05) is 6.42 Å². The maximum Gasteiger partial charge on any atom is 0.0594 e. The Morgan fingerprint density at radius 2 is 1.78 bits per heavy atom. The van der Waals surface area contributed by atoms with Gasteiger partial charge in [-0.25, -0.2) is 0 Å². The molecule has 2 fully saturated rings. The van der Waals surface area contributed by atoms with Crippen molar-refractivity contribution in [1.29, 1.82) is 0 Å². The molecule has 0 spiro atoms. The fraction of sp³-hybridized carbons (Fsp3) is 1.00. The van der Waals surface area contributed by atoms with Crippen molar-refractivity contribution in [1.82, 2.24) is 15.1 Å². The minimum absolute atomic E-state index is 0.690. The predicted molar refractivity (Wildman–Crippen MR) is 75.0 cm³/mol. The summed E-state index contributed by atoms with van der Waals surface area (Å²) in [6, 6.07) is 0.690. The molecule has 106 valence electrons. The first-order chi connectivity index (χ1) is 8.86. The highest BCUT2D eigenvalue weighted by Crippen LogP contribution is 2.11. The summed E-state index contributed by atoms with van der Waals surface area (Å²) in [5.41, 5.74) is 0. The van der Waals surface area contributed by atoms with Crippen LogP contribution >= 0.6 is 0 Å². The van der Waals surface area contributed by atoms with Crippen molar-refractivity contribution in [2.24, 2.45) is 0 Å². The van der Waals surface area contributed by atoms with E-state index < -0.39 is 0 Å². The summed E-state index contributed by atoms with van der Waals surface area (Å²) in [7, 11) is 0. The van der Waals surface area contributed by atoms with Gasteiger partial charge >= 0.3 is 0 Å². The molecule has 0 aliphatic carbocycles. The topological polar surface area (TPSA) is 27.7 Å². The minimum Gasteiger partial charge on any atom is -0.379 e. The molecule has 0 aromatic carbocycles. The summed E-state index contributed by atoms with van der Waals surface area (Å²) >= 11 is 0. The average molecular weight is 255 g/mol. The van der Waals surface area contributed by atoms with Gasteiger partial charge in [0.2, 0.25) is 0 Å². The molecule has 2 aliphatic rings. The maximum atomic E-state index is 5.35. The van der Waals surface area contributed by atoms with Crippen LogP contribution < -0.4 is 5.32 Å². The van der Waals surface area contributed by atoms with Gasteiger partial charge in [-0.05, 0) is 32.9 Å². The molecule has 1 atom stereocenters. The Bertz CT molecular complexity index is 213. The van der Waals surface area contributed by atoms with Gasteiger partial charge in [0.1, 0.15) is 0 Å². The van der Waals surface area contributed by atoms with E-state index in [4.69, 9.17) is 4.74 Å². The van der Waals surface area contributed by atoms with E-state index in [1.807, 2.05) is 0 Å². The Labute approximate surface area is 112 Å². The van der Waals surface area contributed by atoms with Crippen LogP contribution in [0, 0.1) is 0 Å². The molecule has 4 heteroatoms. The highest BCUT2D eigenvalue weighted by Gasteiger charge is 2.16. The molecule has 0 amide bonds. The number of ether oxygens (including phenoxy) is 1. The number of piperidine rings is 1. The van der Waals surface area contributed by atoms with Crippen molar-refractivity contribution in [2.75, 3.05) is 59.0 Å². The third-order valence-corrected chi connectivity index (χ3v) is 4.16. The molecule has 2 aliphatic heterocycles. The quantitative estimate of drug-likeness (QED) is 0.710. The van der Waals surface area contributed by atoms with Crippen molar-refractivity contribution in [3.8, 4) is 0 Å². The standard InChI is InChI=1S/C14H29N3O/c1-14(17-6-3-2-4-7-17)13-15-5-8-16-9-11-18-12-10-16/h14-15H,2-13H2,1H3. The first kappa shape index (κ1) is 14.3. The molecule has 0 bridgehead atoms. The molecular weight excluding hydrogens is 226 g/mol. The Hall–Kier alpha value is -0.160. The molecule has 0 saturated carbocycles. The minimum atomic E-state index is 0.690. The Kier molecular flexibility index (Phi) is 6.41. The second kappa shape index (κ2) is 8.10. The predicted octanol–water partition coefficient (Wildman–Crippen LogP) is 0.783. The van der Waals surface area contributed by atoms with Crippen LogP contribution in [0.5, 0.6) is 0 Å². The fourth-order valence-corrected chi connectivity index (χ4v) is 2.86. The number of hydrogen-bond donors (Lipinski definition) is 1. The van der Waals surface area contributed by atoms with Crippen LogP contribution in [0.4, 0.5) is 0 Å². The van der Waals surface area contributed by atoms with E-state index in [-0.39, 0.29) is 0 Å². The third kappa shape index (κ3) is 4.84. The normalized spacial score (nSPS) is 25.2. The van der Waals surface area contributed by atoms with E-state index in [2.05, 4.69) is 22.0 Å². The maximum absolute atomic E-state index is 5.35. The zero-order valence-corrected chi connectivity index (χ0v) is 11.9. The molecular formula is C14H29N3O. The number of nitrogens with zero attached hydrogens (tertiary/aromatic N) is 2. The molecule has 0 aromatic rings. The summed E-state index contributed by atoms with van der Waals surface area (Å²) in [6.45, 7) is 12.4. The number of nitrogens with one attached hydrogen (secondary N) is 1. The van der Waals surface area contributed by atoms with Gasteiger partial charge in [0.15, 0.2) is 0 Å². The van der Waals surface area contributed by atoms with Crippen LogP contribution in [0.2, 0.25) is 0 Å². The number of rotatable bonds is 6. The zero-order chi connectivity index (χ0) is 12.6. The smallest absolute Gasteiger partial charge is 0.0594 e. The van der Waals surface area contributed by atoms with Crippen LogP contribution in [0.3, 0.4) is 0 Å². The highest BCUT2D eigenvalue weighted by atomic mass is 16.5. The summed E-state index contributed by atoms with van der Waals surface area (Å²) in [4.78, 5) is 5.12. The van der Waals surface area contributed by atoms with Crippen molar-refractivity contribution < 1.29 is 4.74 Å². The Balaban J connectivity index is 1.51. The summed E-state index contributed by atoms with van der Waals surface area (Å²) in [6.07, 6.45) is 4.20. The lowest BCUT2D eigenvalue weighted by molar-refractivity contribution is 0.0382. The van der Waals surface area contributed by atoms with Crippen molar-refractivity contribution in [2.45, 2.75) is 32.2 Å². The summed E-state index contributed by atoms with van der Waals surface area (Å²) in [5, 5.41) is 3.61. The third-order valence-electron chi connectivity index (χ3n) is 4.16. The summed E-state index contributed by atoms with van der Waals surface area (Å²) < 4.78 is 5.35. The average Bonchev–Trinajstić information content (AvgIpc) is 2.45. The van der Waals surface area contributed by atoms with Gasteiger partial charge in [0, 0.05) is 38.8 Å². The fourth-order valence-electron chi connectivity index (χ4n) is 2.86. The number of likely N-dealkylation sites (tertiary alicyclic amines) is 1. The lowest BCUT2D eigenvalue weighted by Gasteiger charge is -2.33. The molecule has 0 radical (unpaired) electrons. The van der Waals surface area contributed by atoms with Crippen molar-refractivity contribution in [3.63, 3.8) is 0 Å². The van der Waals surface area contributed by atoms with E-state index in [9.17, 15) is 0 Å². The van der Waals surface area contributed by atoms with Gasteiger partial charge in [0.25, 0.3) is 0 Å². The molecule has 1 unspecified atom stereocenters. The lowest BCUT2D eigenvalue weighted by Crippen LogP contribution is -2.45. The van der Waals surface area contributed by atoms with Gasteiger partial charge in [-0.2, -0.15) is 0 Å². The SMILES string of the molecule is CC(CNCCN1CCOCC1)N1CCCCC1. The van der Waals surface area contributed by atoms with Crippen LogP contribution in [-0.4, -0.2) is 74.9 Å². The molecule has 2 heterocycles. The van der Waals surface area contributed by atoms with Gasteiger partial charge in [-0.15, -0.1) is 0 Å². The number of morpholine rings is 1. The largest absolute Gasteiger partial charge is 0.379 e.